The summed E-state index contributed by atoms with van der Waals surface area (Å²) in [6.45, 7) is 2.40. The van der Waals surface area contributed by atoms with Crippen molar-refractivity contribution in [1.29, 1.82) is 0 Å². The maximum atomic E-state index is 12.1. The predicted octanol–water partition coefficient (Wildman–Crippen LogP) is 4.55. The summed E-state index contributed by atoms with van der Waals surface area (Å²) in [5.74, 6) is 0.820. The molecular weight excluding hydrogens is 480 g/mol. The van der Waals surface area contributed by atoms with Gasteiger partial charge in [0.25, 0.3) is 11.6 Å². The minimum Gasteiger partial charge on any atom is -0.484 e. The van der Waals surface area contributed by atoms with Crippen LogP contribution in [0.5, 0.6) is 5.75 Å². The van der Waals surface area contributed by atoms with Crippen molar-refractivity contribution in [3.05, 3.63) is 94.5 Å². The van der Waals surface area contributed by atoms with Crippen molar-refractivity contribution < 1.29 is 14.5 Å². The molecule has 11 heteroatoms. The highest BCUT2D eigenvalue weighted by molar-refractivity contribution is 7.99. The van der Waals surface area contributed by atoms with Crippen LogP contribution in [-0.2, 0) is 11.3 Å². The number of hydrazone groups is 1. The molecule has 1 N–H and O–H groups in total. The largest absolute Gasteiger partial charge is 0.484 e. The van der Waals surface area contributed by atoms with Gasteiger partial charge in [0, 0.05) is 34.7 Å². The number of rotatable bonds is 10. The van der Waals surface area contributed by atoms with Crippen LogP contribution in [0.25, 0.3) is 11.4 Å². The van der Waals surface area contributed by atoms with Gasteiger partial charge in [-0.05, 0) is 36.9 Å². The Bertz CT molecular complexity index is 1380. The number of nitrogens with zero attached hydrogens (tertiary/aromatic N) is 5. The molecule has 36 heavy (non-hydrogen) atoms. The zero-order valence-electron chi connectivity index (χ0n) is 19.3. The highest BCUT2D eigenvalue weighted by Crippen LogP contribution is 2.33. The quantitative estimate of drug-likeness (QED) is 0.192. The fourth-order valence-corrected chi connectivity index (χ4v) is 4.23. The molecule has 3 aromatic carbocycles. The number of nitrogens with one attached hydrogen (secondary N) is 1. The average molecular weight is 503 g/mol. The molecule has 0 radical (unpaired) electrons. The molecule has 4 aromatic rings. The second-order valence-corrected chi connectivity index (χ2v) is 8.40. The third-order valence-electron chi connectivity index (χ3n) is 4.98. The number of aromatic nitrogens is 3. The van der Waals surface area contributed by atoms with Crippen LogP contribution in [0.3, 0.4) is 0 Å². The van der Waals surface area contributed by atoms with Crippen molar-refractivity contribution in [3.8, 4) is 17.1 Å². The summed E-state index contributed by atoms with van der Waals surface area (Å²) in [6, 6.07) is 23.1. The smallest absolute Gasteiger partial charge is 0.277 e. The van der Waals surface area contributed by atoms with Gasteiger partial charge in [0.2, 0.25) is 0 Å². The summed E-state index contributed by atoms with van der Waals surface area (Å²) in [4.78, 5) is 23.6. The predicted molar refractivity (Wildman–Crippen MR) is 136 cm³/mol. The zero-order valence-corrected chi connectivity index (χ0v) is 20.1. The topological polar surface area (TPSA) is 125 Å². The van der Waals surface area contributed by atoms with Gasteiger partial charge in [-0.3, -0.25) is 14.9 Å². The lowest BCUT2D eigenvalue weighted by atomic mass is 10.2. The van der Waals surface area contributed by atoms with E-state index in [4.69, 9.17) is 4.74 Å². The molecule has 10 nitrogen and oxygen atoms in total. The maximum Gasteiger partial charge on any atom is 0.277 e. The number of nitro groups is 1. The molecule has 0 aliphatic rings. The lowest BCUT2D eigenvalue weighted by Gasteiger charge is -2.09. The Morgan fingerprint density at radius 2 is 1.83 bits per heavy atom. The SMILES string of the molecule is CCn1c(Sc2ccc([N+](=O)[O-])cc2/C=N\NC(=O)COc2ccccc2)nnc1-c1ccccc1. The highest BCUT2D eigenvalue weighted by Gasteiger charge is 2.17. The van der Waals surface area contributed by atoms with Crippen molar-refractivity contribution in [1.82, 2.24) is 20.2 Å². The molecule has 0 bridgehead atoms. The number of carbonyl (C=O) groups is 1. The van der Waals surface area contributed by atoms with Gasteiger partial charge in [0.15, 0.2) is 17.6 Å². The molecule has 182 valence electrons. The van der Waals surface area contributed by atoms with E-state index in [2.05, 4.69) is 20.7 Å². The number of hydrogen-bond acceptors (Lipinski definition) is 8. The van der Waals surface area contributed by atoms with Gasteiger partial charge in [-0.25, -0.2) is 5.43 Å². The van der Waals surface area contributed by atoms with Gasteiger partial charge in [-0.15, -0.1) is 10.2 Å². The molecule has 0 saturated heterocycles. The maximum absolute atomic E-state index is 12.1. The summed E-state index contributed by atoms with van der Waals surface area (Å²) in [5, 5.41) is 24.6. The summed E-state index contributed by atoms with van der Waals surface area (Å²) >= 11 is 1.31. The number of hydrogen-bond donors (Lipinski definition) is 1. The van der Waals surface area contributed by atoms with Gasteiger partial charge >= 0.3 is 0 Å². The number of nitro benzene ring substituents is 1. The first-order valence-corrected chi connectivity index (χ1v) is 11.8. The monoisotopic (exact) mass is 502 g/mol. The Balaban J connectivity index is 1.52. The van der Waals surface area contributed by atoms with Crippen molar-refractivity contribution in [2.75, 3.05) is 6.61 Å². The summed E-state index contributed by atoms with van der Waals surface area (Å²) < 4.78 is 7.35. The number of non-ortho nitro benzene ring substituents is 1. The summed E-state index contributed by atoms with van der Waals surface area (Å²) in [7, 11) is 0. The molecule has 1 amide bonds. The Hall–Kier alpha value is -4.51. The van der Waals surface area contributed by atoms with E-state index >= 15 is 0 Å². The van der Waals surface area contributed by atoms with Gasteiger partial charge in [-0.2, -0.15) is 5.10 Å². The van der Waals surface area contributed by atoms with Gasteiger partial charge in [0.05, 0.1) is 11.1 Å². The first kappa shape index (κ1) is 24.6. The first-order chi connectivity index (χ1) is 17.5. The van der Waals surface area contributed by atoms with E-state index in [0.717, 1.165) is 11.4 Å². The van der Waals surface area contributed by atoms with Gasteiger partial charge in [0.1, 0.15) is 5.75 Å². The van der Waals surface area contributed by atoms with Gasteiger partial charge in [-0.1, -0.05) is 48.5 Å². The van der Waals surface area contributed by atoms with Crippen LogP contribution < -0.4 is 10.2 Å². The summed E-state index contributed by atoms with van der Waals surface area (Å²) in [5.41, 5.74) is 3.67. The molecule has 1 heterocycles. The normalized spacial score (nSPS) is 10.9. The van der Waals surface area contributed by atoms with E-state index in [9.17, 15) is 14.9 Å². The zero-order chi connectivity index (χ0) is 25.3. The van der Waals surface area contributed by atoms with Crippen molar-refractivity contribution >= 4 is 29.6 Å². The molecule has 0 spiro atoms. The molecule has 0 atom stereocenters. The molecular formula is C25H22N6O4S. The van der Waals surface area contributed by atoms with Crippen molar-refractivity contribution in [3.63, 3.8) is 0 Å². The standard InChI is InChI=1S/C25H22N6O4S/c1-2-30-24(18-9-5-3-6-10-18)28-29-25(30)36-22-14-13-20(31(33)34)15-19(22)16-26-27-23(32)17-35-21-11-7-4-8-12-21/h3-16H,2,17H2,1H3,(H,27,32)/b26-16-. The van der Waals surface area contributed by atoms with E-state index in [-0.39, 0.29) is 12.3 Å². The minimum absolute atomic E-state index is 0.0959. The highest BCUT2D eigenvalue weighted by atomic mass is 32.2. The fraction of sp³-hybridized carbons (Fsp3) is 0.120. The molecule has 4 rings (SSSR count). The number of ether oxygens (including phenoxy) is 1. The molecule has 0 fully saturated rings. The van der Waals surface area contributed by atoms with E-state index in [1.54, 1.807) is 30.3 Å². The van der Waals surface area contributed by atoms with E-state index in [0.29, 0.717) is 27.9 Å². The summed E-state index contributed by atoms with van der Waals surface area (Å²) in [6.07, 6.45) is 1.36. The molecule has 1 aromatic heterocycles. The third-order valence-corrected chi connectivity index (χ3v) is 6.05. The van der Waals surface area contributed by atoms with Crippen molar-refractivity contribution in [2.45, 2.75) is 23.5 Å². The second-order valence-electron chi connectivity index (χ2n) is 7.39. The van der Waals surface area contributed by atoms with Crippen LogP contribution in [0.4, 0.5) is 5.69 Å². The van der Waals surface area contributed by atoms with Crippen LogP contribution in [0, 0.1) is 10.1 Å². The molecule has 0 saturated carbocycles. The Morgan fingerprint density at radius 1 is 1.11 bits per heavy atom. The van der Waals surface area contributed by atoms with Crippen molar-refractivity contribution in [2.24, 2.45) is 5.10 Å². The first-order valence-electron chi connectivity index (χ1n) is 11.0. The third kappa shape index (κ3) is 6.13. The lowest BCUT2D eigenvalue weighted by molar-refractivity contribution is -0.384. The van der Waals surface area contributed by atoms with Crippen LogP contribution in [0.2, 0.25) is 0 Å². The van der Waals surface area contributed by atoms with Crippen LogP contribution in [0.15, 0.2) is 94.0 Å². The Kier molecular flexibility index (Phi) is 8.04. The number of benzene rings is 3. The Morgan fingerprint density at radius 3 is 2.53 bits per heavy atom. The fourth-order valence-electron chi connectivity index (χ4n) is 3.26. The average Bonchev–Trinajstić information content (AvgIpc) is 3.31. The second kappa shape index (κ2) is 11.8. The van der Waals surface area contributed by atoms with E-state index < -0.39 is 10.8 Å². The van der Waals surface area contributed by atoms with Gasteiger partial charge < -0.3 is 9.30 Å². The Labute approximate surface area is 211 Å². The molecule has 0 aliphatic carbocycles. The molecule has 0 aliphatic heterocycles. The lowest BCUT2D eigenvalue weighted by Crippen LogP contribution is -2.24. The van der Waals surface area contributed by atoms with E-state index in [1.807, 2.05) is 47.9 Å². The van der Waals surface area contributed by atoms with Crippen LogP contribution in [0.1, 0.15) is 12.5 Å². The van der Waals surface area contributed by atoms with E-state index in [1.165, 1.54) is 30.1 Å². The number of amides is 1. The van der Waals surface area contributed by atoms with Crippen LogP contribution >= 0.6 is 11.8 Å². The van der Waals surface area contributed by atoms with Crippen LogP contribution in [-0.4, -0.2) is 38.4 Å². The minimum atomic E-state index is -0.486. The number of carbonyl (C=O) groups excluding carboxylic acids is 1. The molecule has 0 unspecified atom stereocenters. The number of para-hydroxylation sites is 1.